The van der Waals surface area contributed by atoms with Crippen molar-refractivity contribution in [3.05, 3.63) is 159 Å². The van der Waals surface area contributed by atoms with Gasteiger partial charge < -0.3 is 0 Å². The molecule has 0 amide bonds. The van der Waals surface area contributed by atoms with Gasteiger partial charge in [0.15, 0.2) is 0 Å². The van der Waals surface area contributed by atoms with Gasteiger partial charge in [0, 0.05) is 0 Å². The van der Waals surface area contributed by atoms with Crippen molar-refractivity contribution in [1.29, 1.82) is 0 Å². The summed E-state index contributed by atoms with van der Waals surface area (Å²) in [5.41, 5.74) is 6.53. The first kappa shape index (κ1) is 31.4. The number of fused-ring (bicyclic) bond motifs is 6. The molecular weight excluding hydrogens is 662 g/mol. The quantitative estimate of drug-likeness (QED) is 0.185. The van der Waals surface area contributed by atoms with E-state index in [4.69, 9.17) is 9.97 Å². The number of nitrogens with zero attached hydrogens (tertiary/aromatic N) is 6. The number of hydrogen-bond donors (Lipinski definition) is 0. The second kappa shape index (κ2) is 12.7. The molecule has 0 bridgehead atoms. The van der Waals surface area contributed by atoms with Crippen LogP contribution in [0.4, 0.5) is 22.7 Å². The molecule has 51 heavy (non-hydrogen) atoms. The van der Waals surface area contributed by atoms with Crippen molar-refractivity contribution in [2.75, 3.05) is 30.6 Å². The number of hydrogen-bond acceptors (Lipinski definition) is 6. The van der Waals surface area contributed by atoms with Crippen LogP contribution in [0.5, 0.6) is 0 Å². The van der Waals surface area contributed by atoms with Crippen molar-refractivity contribution in [2.45, 2.75) is 0 Å². The molecule has 0 radical (unpaired) electrons. The van der Waals surface area contributed by atoms with Gasteiger partial charge in [0.1, 0.15) is 0 Å². The zero-order valence-electron chi connectivity index (χ0n) is 28.6. The van der Waals surface area contributed by atoms with Gasteiger partial charge in [-0.3, -0.25) is 0 Å². The maximum absolute atomic E-state index is 4.81. The van der Waals surface area contributed by atoms with Crippen molar-refractivity contribution in [1.82, 2.24) is 19.9 Å². The van der Waals surface area contributed by atoms with E-state index < -0.39 is 15.2 Å². The molecule has 1 aliphatic heterocycles. The topological polar surface area (TPSA) is 58.0 Å². The maximum atomic E-state index is 4.81. The normalized spacial score (nSPS) is 15.9. The number of anilines is 4. The molecule has 0 N–H and O–H groups in total. The molecule has 8 aromatic rings. The van der Waals surface area contributed by atoms with Crippen LogP contribution in [0.15, 0.2) is 159 Å². The van der Waals surface area contributed by atoms with Crippen LogP contribution in [-0.2, 0) is 0 Å². The summed E-state index contributed by atoms with van der Waals surface area (Å²) in [5, 5.41) is 9.77. The van der Waals surface area contributed by atoms with Crippen molar-refractivity contribution in [3.63, 3.8) is 0 Å². The summed E-state index contributed by atoms with van der Waals surface area (Å²) >= 11 is 0. The Labute approximate surface area is 299 Å². The van der Waals surface area contributed by atoms with E-state index >= 15 is 0 Å². The van der Waals surface area contributed by atoms with Gasteiger partial charge in [0.25, 0.3) is 0 Å². The standard InChI is InChI=1S/C43H36N6P2/c1-48-36-18-10-12-20-40(36)50(32-14-6-4-7-15-32)41-24-34-30(26-44-28-46-34)22-38(41)49(2)39-23-31-27-45-29-47-35(31)25-43(39)51(3,33-16-8-5-9-17-33)42-21-13-11-19-37(42)48/h4-29,51H,1-3H3. The Kier molecular flexibility index (Phi) is 7.80. The third-order valence-electron chi connectivity index (χ3n) is 10.4. The molecule has 0 fully saturated rings. The zero-order valence-corrected chi connectivity index (χ0v) is 30.5. The summed E-state index contributed by atoms with van der Waals surface area (Å²) in [6.07, 6.45) is 7.16. The molecule has 1 unspecified atom stereocenters. The third kappa shape index (κ3) is 5.17. The van der Waals surface area contributed by atoms with E-state index in [1.54, 1.807) is 12.7 Å². The average Bonchev–Trinajstić information content (AvgIpc) is 3.20. The Morgan fingerprint density at radius 3 is 1.80 bits per heavy atom. The fourth-order valence-electron chi connectivity index (χ4n) is 7.75. The Bertz CT molecular complexity index is 2560. The summed E-state index contributed by atoms with van der Waals surface area (Å²) in [5.74, 6) is 0. The summed E-state index contributed by atoms with van der Waals surface area (Å²) in [6.45, 7) is 2.50. The van der Waals surface area contributed by atoms with Crippen molar-refractivity contribution < 1.29 is 0 Å². The number of para-hydroxylation sites is 2. The fourth-order valence-corrected chi connectivity index (χ4v) is 14.6. The van der Waals surface area contributed by atoms with Gasteiger partial charge in [-0.15, -0.1) is 0 Å². The van der Waals surface area contributed by atoms with Gasteiger partial charge in [-0.25, -0.2) is 0 Å². The van der Waals surface area contributed by atoms with Gasteiger partial charge in [0.05, 0.1) is 0 Å². The Morgan fingerprint density at radius 1 is 0.510 bits per heavy atom. The van der Waals surface area contributed by atoms with E-state index in [2.05, 4.69) is 174 Å². The van der Waals surface area contributed by atoms with Crippen LogP contribution in [0, 0.1) is 0 Å². The summed E-state index contributed by atoms with van der Waals surface area (Å²) in [6, 6.07) is 49.2. The van der Waals surface area contributed by atoms with Gasteiger partial charge >= 0.3 is 301 Å². The first-order chi connectivity index (χ1) is 25.0. The van der Waals surface area contributed by atoms with Crippen molar-refractivity contribution >= 4 is 91.6 Å². The molecule has 6 nitrogen and oxygen atoms in total. The van der Waals surface area contributed by atoms with Crippen LogP contribution < -0.4 is 41.6 Å². The fraction of sp³-hybridized carbons (Fsp3) is 0.0698. The van der Waals surface area contributed by atoms with Crippen molar-refractivity contribution in [3.8, 4) is 0 Å². The Balaban J connectivity index is 1.48. The van der Waals surface area contributed by atoms with Gasteiger partial charge in [-0.2, -0.15) is 0 Å². The van der Waals surface area contributed by atoms with E-state index in [1.807, 2.05) is 12.4 Å². The SMILES string of the molecule is CN1c2ccccc2P(c2ccccc2)c2cc3ncncc3cc2N(C)c2cc3cncnc3cc2[PH](C)(c2ccccc2)c2ccccc21. The predicted molar refractivity (Wildman–Crippen MR) is 220 cm³/mol. The van der Waals surface area contributed by atoms with Crippen LogP contribution in [-0.4, -0.2) is 40.7 Å². The van der Waals surface area contributed by atoms with Crippen LogP contribution in [0.25, 0.3) is 21.8 Å². The van der Waals surface area contributed by atoms with Crippen LogP contribution >= 0.6 is 15.2 Å². The van der Waals surface area contributed by atoms with E-state index in [-0.39, 0.29) is 0 Å². The average molecular weight is 699 g/mol. The van der Waals surface area contributed by atoms with E-state index in [0.29, 0.717) is 0 Å². The molecule has 0 spiro atoms. The predicted octanol–water partition coefficient (Wildman–Crippen LogP) is 6.84. The number of aromatic nitrogens is 4. The molecule has 3 heterocycles. The van der Waals surface area contributed by atoms with Crippen LogP contribution in [0.3, 0.4) is 0 Å². The molecule has 248 valence electrons. The molecule has 0 saturated carbocycles. The van der Waals surface area contributed by atoms with E-state index in [0.717, 1.165) is 33.2 Å². The van der Waals surface area contributed by atoms with E-state index in [1.165, 1.54) is 43.2 Å². The molecule has 1 atom stereocenters. The Hall–Kier alpha value is -5.54. The zero-order chi connectivity index (χ0) is 34.5. The second-order valence-electron chi connectivity index (χ2n) is 13.2. The molecule has 0 aliphatic carbocycles. The summed E-state index contributed by atoms with van der Waals surface area (Å²) in [7, 11) is 0.625. The molecule has 6 aromatic carbocycles. The molecular formula is C43H36N6P2. The minimum absolute atomic E-state index is 0.930. The molecule has 2 aromatic heterocycles. The summed E-state index contributed by atoms with van der Waals surface area (Å²) in [4.78, 5) is 23.3. The van der Waals surface area contributed by atoms with Crippen LogP contribution in [0.2, 0.25) is 0 Å². The van der Waals surface area contributed by atoms with E-state index in [9.17, 15) is 0 Å². The molecule has 1 aliphatic rings. The Morgan fingerprint density at radius 2 is 1.08 bits per heavy atom. The first-order valence-corrected chi connectivity index (χ1v) is 20.9. The summed E-state index contributed by atoms with van der Waals surface area (Å²) < 4.78 is 0. The third-order valence-corrected chi connectivity index (χ3v) is 17.4. The van der Waals surface area contributed by atoms with Gasteiger partial charge in [-0.1, -0.05) is 0 Å². The number of rotatable bonds is 2. The first-order valence-electron chi connectivity index (χ1n) is 17.1. The number of benzene rings is 6. The van der Waals surface area contributed by atoms with Crippen LogP contribution in [0.1, 0.15) is 0 Å². The second-order valence-corrected chi connectivity index (χ2v) is 19.2. The minimum atomic E-state index is -2.77. The van der Waals surface area contributed by atoms with Gasteiger partial charge in [0.2, 0.25) is 0 Å². The van der Waals surface area contributed by atoms with Crippen molar-refractivity contribution in [2.24, 2.45) is 0 Å². The van der Waals surface area contributed by atoms with Gasteiger partial charge in [-0.05, 0) is 0 Å². The molecule has 0 saturated heterocycles. The molecule has 8 heteroatoms. The monoisotopic (exact) mass is 698 g/mol. The molecule has 9 rings (SSSR count).